The van der Waals surface area contributed by atoms with E-state index in [1.807, 2.05) is 42.5 Å². The molecule has 0 spiro atoms. The first-order valence-corrected chi connectivity index (χ1v) is 7.66. The van der Waals surface area contributed by atoms with Gasteiger partial charge in [0, 0.05) is 11.6 Å². The van der Waals surface area contributed by atoms with E-state index in [4.69, 9.17) is 18.6 Å². The van der Waals surface area contributed by atoms with Crippen molar-refractivity contribution in [2.75, 3.05) is 26.6 Å². The number of methoxy groups -OCH3 is 3. The van der Waals surface area contributed by atoms with E-state index in [-0.39, 0.29) is 0 Å². The molecule has 1 heterocycles. The van der Waals surface area contributed by atoms with Gasteiger partial charge in [0.05, 0.1) is 33.6 Å². The zero-order valence-corrected chi connectivity index (χ0v) is 14.3. The van der Waals surface area contributed by atoms with Gasteiger partial charge in [0.2, 0.25) is 11.8 Å². The molecule has 25 heavy (non-hydrogen) atoms. The number of benzene rings is 2. The number of ether oxygens (including phenoxy) is 3. The molecule has 3 rings (SSSR count). The average Bonchev–Trinajstić information content (AvgIpc) is 3.15. The van der Waals surface area contributed by atoms with Gasteiger partial charge in [-0.15, -0.1) is 10.2 Å². The molecule has 0 unspecified atom stereocenters. The van der Waals surface area contributed by atoms with Crippen LogP contribution in [0.3, 0.4) is 0 Å². The lowest BCUT2D eigenvalue weighted by atomic mass is 10.2. The van der Waals surface area contributed by atoms with Gasteiger partial charge in [-0.1, -0.05) is 0 Å². The Labute approximate surface area is 145 Å². The van der Waals surface area contributed by atoms with Gasteiger partial charge in [-0.05, 0) is 36.4 Å². The maximum Gasteiger partial charge on any atom is 0.247 e. The van der Waals surface area contributed by atoms with Crippen LogP contribution in [0.25, 0.3) is 11.5 Å². The van der Waals surface area contributed by atoms with Gasteiger partial charge < -0.3 is 23.9 Å². The summed E-state index contributed by atoms with van der Waals surface area (Å²) in [7, 11) is 4.85. The zero-order valence-electron chi connectivity index (χ0n) is 14.3. The average molecular weight is 341 g/mol. The third-order valence-electron chi connectivity index (χ3n) is 3.64. The Morgan fingerprint density at radius 1 is 0.880 bits per heavy atom. The fourth-order valence-electron chi connectivity index (χ4n) is 2.30. The summed E-state index contributed by atoms with van der Waals surface area (Å²) in [5, 5.41) is 11.4. The highest BCUT2D eigenvalue weighted by Gasteiger charge is 2.10. The Morgan fingerprint density at radius 2 is 1.60 bits per heavy atom. The lowest BCUT2D eigenvalue weighted by Crippen LogP contribution is -2.02. The fraction of sp³-hybridized carbons (Fsp3) is 0.222. The second-order valence-corrected chi connectivity index (χ2v) is 5.15. The summed E-state index contributed by atoms with van der Waals surface area (Å²) in [6.45, 7) is 0.368. The van der Waals surface area contributed by atoms with Crippen LogP contribution in [0.1, 0.15) is 5.89 Å². The Balaban J connectivity index is 1.71. The second-order valence-electron chi connectivity index (χ2n) is 5.15. The smallest absolute Gasteiger partial charge is 0.247 e. The molecule has 0 aliphatic rings. The molecule has 0 aliphatic carbocycles. The highest BCUT2D eigenvalue weighted by Crippen LogP contribution is 2.29. The first-order chi connectivity index (χ1) is 12.2. The minimum absolute atomic E-state index is 0.368. The molecule has 3 aromatic rings. The van der Waals surface area contributed by atoms with E-state index in [1.165, 1.54) is 0 Å². The molecule has 0 atom stereocenters. The number of nitrogens with one attached hydrogen (secondary N) is 1. The predicted octanol–water partition coefficient (Wildman–Crippen LogP) is 3.37. The van der Waals surface area contributed by atoms with E-state index in [1.54, 1.807) is 21.3 Å². The normalized spacial score (nSPS) is 10.4. The van der Waals surface area contributed by atoms with E-state index in [9.17, 15) is 0 Å². The Bertz CT molecular complexity index is 831. The molecular weight excluding hydrogens is 322 g/mol. The standard InChI is InChI=1S/C18H19N3O4/c1-22-13-6-4-12(5-7-13)18-21-20-17(25-18)11-19-15-10-14(23-2)8-9-16(15)24-3/h4-10,19H,11H2,1-3H3. The maximum absolute atomic E-state index is 5.70. The number of hydrogen-bond acceptors (Lipinski definition) is 7. The van der Waals surface area contributed by atoms with E-state index < -0.39 is 0 Å². The van der Waals surface area contributed by atoms with Crippen molar-refractivity contribution in [3.8, 4) is 28.7 Å². The molecule has 2 aromatic carbocycles. The van der Waals surface area contributed by atoms with Crippen molar-refractivity contribution in [3.63, 3.8) is 0 Å². The zero-order chi connectivity index (χ0) is 17.6. The van der Waals surface area contributed by atoms with Crippen molar-refractivity contribution in [2.24, 2.45) is 0 Å². The molecule has 0 aliphatic heterocycles. The van der Waals surface area contributed by atoms with Crippen LogP contribution in [-0.4, -0.2) is 31.5 Å². The van der Waals surface area contributed by atoms with Gasteiger partial charge in [-0.2, -0.15) is 0 Å². The van der Waals surface area contributed by atoms with Crippen LogP contribution in [0, 0.1) is 0 Å². The largest absolute Gasteiger partial charge is 0.497 e. The highest BCUT2D eigenvalue weighted by molar-refractivity contribution is 5.60. The Hall–Kier alpha value is -3.22. The Morgan fingerprint density at radius 3 is 2.28 bits per heavy atom. The van der Waals surface area contributed by atoms with Gasteiger partial charge in [0.15, 0.2) is 0 Å². The minimum atomic E-state index is 0.368. The van der Waals surface area contributed by atoms with E-state index in [0.29, 0.717) is 24.1 Å². The summed E-state index contributed by atoms with van der Waals surface area (Å²) >= 11 is 0. The minimum Gasteiger partial charge on any atom is -0.497 e. The van der Waals surface area contributed by atoms with Gasteiger partial charge in [-0.3, -0.25) is 0 Å². The molecule has 0 radical (unpaired) electrons. The van der Waals surface area contributed by atoms with E-state index in [0.717, 1.165) is 22.7 Å². The second kappa shape index (κ2) is 7.57. The van der Waals surface area contributed by atoms with Crippen molar-refractivity contribution in [2.45, 2.75) is 6.54 Å². The SMILES string of the molecule is COc1ccc(-c2nnc(CNc3cc(OC)ccc3OC)o2)cc1. The van der Waals surface area contributed by atoms with E-state index in [2.05, 4.69) is 15.5 Å². The van der Waals surface area contributed by atoms with Crippen LogP contribution < -0.4 is 19.5 Å². The first kappa shape index (κ1) is 16.6. The monoisotopic (exact) mass is 341 g/mol. The van der Waals surface area contributed by atoms with E-state index >= 15 is 0 Å². The van der Waals surface area contributed by atoms with Crippen molar-refractivity contribution in [1.29, 1.82) is 0 Å². The topological polar surface area (TPSA) is 78.6 Å². The molecule has 1 N–H and O–H groups in total. The molecule has 0 saturated heterocycles. The lowest BCUT2D eigenvalue weighted by molar-refractivity contribution is 0.404. The molecule has 1 aromatic heterocycles. The number of nitrogens with zero attached hydrogens (tertiary/aromatic N) is 2. The molecule has 7 heteroatoms. The molecule has 130 valence electrons. The third kappa shape index (κ3) is 3.82. The van der Waals surface area contributed by atoms with Gasteiger partial charge >= 0.3 is 0 Å². The third-order valence-corrected chi connectivity index (χ3v) is 3.64. The molecule has 0 saturated carbocycles. The van der Waals surface area contributed by atoms with Gasteiger partial charge in [0.1, 0.15) is 17.2 Å². The molecule has 0 bridgehead atoms. The quantitative estimate of drug-likeness (QED) is 0.706. The van der Waals surface area contributed by atoms with Crippen LogP contribution in [-0.2, 0) is 6.54 Å². The maximum atomic E-state index is 5.70. The summed E-state index contributed by atoms with van der Waals surface area (Å²) in [6.07, 6.45) is 0. The molecule has 7 nitrogen and oxygen atoms in total. The molecule has 0 fully saturated rings. The first-order valence-electron chi connectivity index (χ1n) is 7.66. The number of aromatic nitrogens is 2. The van der Waals surface area contributed by atoms with Crippen LogP contribution >= 0.6 is 0 Å². The van der Waals surface area contributed by atoms with Crippen LogP contribution in [0.4, 0.5) is 5.69 Å². The molecule has 0 amide bonds. The summed E-state index contributed by atoms with van der Waals surface area (Å²) in [4.78, 5) is 0. The van der Waals surface area contributed by atoms with Gasteiger partial charge in [-0.25, -0.2) is 0 Å². The van der Waals surface area contributed by atoms with Crippen LogP contribution in [0.2, 0.25) is 0 Å². The van der Waals surface area contributed by atoms with Crippen molar-refractivity contribution in [1.82, 2.24) is 10.2 Å². The number of hydrogen-bond donors (Lipinski definition) is 1. The van der Waals surface area contributed by atoms with Crippen molar-refractivity contribution < 1.29 is 18.6 Å². The fourth-order valence-corrected chi connectivity index (χ4v) is 2.30. The number of anilines is 1. The lowest BCUT2D eigenvalue weighted by Gasteiger charge is -2.11. The summed E-state index contributed by atoms with van der Waals surface area (Å²) < 4.78 is 21.4. The summed E-state index contributed by atoms with van der Waals surface area (Å²) in [6, 6.07) is 12.9. The van der Waals surface area contributed by atoms with Crippen LogP contribution in [0.15, 0.2) is 46.9 Å². The van der Waals surface area contributed by atoms with Crippen molar-refractivity contribution >= 4 is 5.69 Å². The van der Waals surface area contributed by atoms with Gasteiger partial charge in [0.25, 0.3) is 0 Å². The Kier molecular flexibility index (Phi) is 5.03. The highest BCUT2D eigenvalue weighted by atomic mass is 16.5. The summed E-state index contributed by atoms with van der Waals surface area (Å²) in [5.41, 5.74) is 1.62. The summed E-state index contributed by atoms with van der Waals surface area (Å²) in [5.74, 6) is 3.13. The number of rotatable bonds is 7. The van der Waals surface area contributed by atoms with Crippen LogP contribution in [0.5, 0.6) is 17.2 Å². The molecular formula is C18H19N3O4. The predicted molar refractivity (Wildman–Crippen MR) is 93.2 cm³/mol. The van der Waals surface area contributed by atoms with Crippen molar-refractivity contribution in [3.05, 3.63) is 48.4 Å².